The number of pyridine rings is 2. The van der Waals surface area contributed by atoms with Gasteiger partial charge in [-0.1, -0.05) is 18.2 Å². The highest BCUT2D eigenvalue weighted by Gasteiger charge is 2.15. The molecule has 7 nitrogen and oxygen atoms in total. The molecule has 5 rings (SSSR count). The summed E-state index contributed by atoms with van der Waals surface area (Å²) in [7, 11) is 0. The Morgan fingerprint density at radius 2 is 1.75 bits per heavy atom. The van der Waals surface area contributed by atoms with Gasteiger partial charge >= 0.3 is 0 Å². The van der Waals surface area contributed by atoms with Crippen LogP contribution in [0.1, 0.15) is 22.8 Å². The molecular formula is C25H20N4O3. The summed E-state index contributed by atoms with van der Waals surface area (Å²) < 4.78 is 11.2. The molecule has 0 saturated carbocycles. The van der Waals surface area contributed by atoms with E-state index in [1.807, 2.05) is 61.5 Å². The third-order valence-electron chi connectivity index (χ3n) is 5.22. The number of carbonyl (C=O) groups excluding carboxylic acids is 1. The highest BCUT2D eigenvalue weighted by molar-refractivity contribution is 6.08. The number of benzene rings is 2. The molecule has 1 amide bonds. The second-order valence-corrected chi connectivity index (χ2v) is 7.30. The van der Waals surface area contributed by atoms with Crippen molar-refractivity contribution in [2.45, 2.75) is 6.92 Å². The van der Waals surface area contributed by atoms with Crippen LogP contribution in [0.2, 0.25) is 0 Å². The van der Waals surface area contributed by atoms with Crippen LogP contribution in [0.5, 0.6) is 11.5 Å². The van der Waals surface area contributed by atoms with E-state index in [2.05, 4.69) is 15.5 Å². The van der Waals surface area contributed by atoms with Gasteiger partial charge in [0.1, 0.15) is 13.2 Å². The molecule has 3 heterocycles. The Morgan fingerprint density at radius 1 is 0.969 bits per heavy atom. The third-order valence-corrected chi connectivity index (χ3v) is 5.22. The molecule has 2 aromatic heterocycles. The Kier molecular flexibility index (Phi) is 5.21. The van der Waals surface area contributed by atoms with Crippen LogP contribution in [0.25, 0.3) is 22.2 Å². The Balaban J connectivity index is 1.46. The quantitative estimate of drug-likeness (QED) is 0.392. The lowest BCUT2D eigenvalue weighted by Gasteiger charge is -2.18. The number of para-hydroxylation sites is 1. The molecule has 0 aliphatic carbocycles. The number of nitrogens with zero attached hydrogens (tertiary/aromatic N) is 3. The van der Waals surface area contributed by atoms with Crippen molar-refractivity contribution in [2.75, 3.05) is 13.2 Å². The zero-order valence-corrected chi connectivity index (χ0v) is 17.4. The van der Waals surface area contributed by atoms with E-state index < -0.39 is 0 Å². The minimum atomic E-state index is -0.309. The molecule has 0 bridgehead atoms. The molecule has 32 heavy (non-hydrogen) atoms. The number of amides is 1. The minimum Gasteiger partial charge on any atom is -0.486 e. The third kappa shape index (κ3) is 3.88. The van der Waals surface area contributed by atoms with Crippen molar-refractivity contribution in [2.24, 2.45) is 5.10 Å². The van der Waals surface area contributed by atoms with E-state index in [0.29, 0.717) is 41.7 Å². The molecule has 2 aromatic carbocycles. The molecule has 1 aliphatic rings. The molecule has 0 saturated heterocycles. The summed E-state index contributed by atoms with van der Waals surface area (Å²) in [6.45, 7) is 2.88. The smallest absolute Gasteiger partial charge is 0.272 e. The lowest BCUT2D eigenvalue weighted by Crippen LogP contribution is -2.20. The van der Waals surface area contributed by atoms with Gasteiger partial charge in [-0.2, -0.15) is 5.10 Å². The molecule has 0 fully saturated rings. The number of nitrogens with one attached hydrogen (secondary N) is 1. The van der Waals surface area contributed by atoms with Crippen molar-refractivity contribution in [3.63, 3.8) is 0 Å². The average molecular weight is 424 g/mol. The van der Waals surface area contributed by atoms with Crippen LogP contribution in [0, 0.1) is 0 Å². The highest BCUT2D eigenvalue weighted by atomic mass is 16.6. The fraction of sp³-hybridized carbons (Fsp3) is 0.120. The second-order valence-electron chi connectivity index (χ2n) is 7.30. The molecule has 0 spiro atoms. The van der Waals surface area contributed by atoms with Crippen molar-refractivity contribution in [1.82, 2.24) is 15.4 Å². The maximum atomic E-state index is 13.1. The summed E-state index contributed by atoms with van der Waals surface area (Å²) in [5.41, 5.74) is 7.00. The maximum absolute atomic E-state index is 13.1. The van der Waals surface area contributed by atoms with Crippen LogP contribution in [-0.2, 0) is 0 Å². The summed E-state index contributed by atoms with van der Waals surface area (Å²) in [5.74, 6) is 1.08. The van der Waals surface area contributed by atoms with Crippen molar-refractivity contribution in [3.8, 4) is 22.8 Å². The summed E-state index contributed by atoms with van der Waals surface area (Å²) in [6, 6.07) is 18.7. The van der Waals surface area contributed by atoms with Gasteiger partial charge < -0.3 is 9.47 Å². The Labute approximate surface area is 184 Å². The van der Waals surface area contributed by atoms with Crippen LogP contribution < -0.4 is 14.9 Å². The first-order chi connectivity index (χ1) is 15.7. The number of rotatable bonds is 4. The number of hydrogen-bond acceptors (Lipinski definition) is 6. The second kappa shape index (κ2) is 8.47. The zero-order valence-electron chi connectivity index (χ0n) is 17.4. The van der Waals surface area contributed by atoms with Gasteiger partial charge in [0.15, 0.2) is 11.5 Å². The van der Waals surface area contributed by atoms with Gasteiger partial charge in [0.2, 0.25) is 0 Å². The van der Waals surface area contributed by atoms with E-state index in [0.717, 1.165) is 22.0 Å². The van der Waals surface area contributed by atoms with Gasteiger partial charge in [-0.15, -0.1) is 0 Å². The zero-order chi connectivity index (χ0) is 21.9. The van der Waals surface area contributed by atoms with Crippen LogP contribution in [0.3, 0.4) is 0 Å². The van der Waals surface area contributed by atoms with E-state index >= 15 is 0 Å². The van der Waals surface area contributed by atoms with Gasteiger partial charge in [-0.3, -0.25) is 9.78 Å². The summed E-state index contributed by atoms with van der Waals surface area (Å²) >= 11 is 0. The van der Waals surface area contributed by atoms with Crippen LogP contribution in [-0.4, -0.2) is 34.8 Å². The van der Waals surface area contributed by atoms with E-state index in [4.69, 9.17) is 14.5 Å². The summed E-state index contributed by atoms with van der Waals surface area (Å²) in [4.78, 5) is 21.9. The largest absolute Gasteiger partial charge is 0.486 e. The number of ether oxygens (including phenoxy) is 2. The van der Waals surface area contributed by atoms with E-state index in [1.165, 1.54) is 0 Å². The SMILES string of the molecule is C/C(=N\NC(=O)c1cc(-c2ccncc2)nc2ccccc12)c1ccc2c(c1)OCCO2. The van der Waals surface area contributed by atoms with Gasteiger partial charge in [0, 0.05) is 28.9 Å². The van der Waals surface area contributed by atoms with Gasteiger partial charge in [-0.25, -0.2) is 10.4 Å². The van der Waals surface area contributed by atoms with Gasteiger partial charge in [-0.05, 0) is 49.4 Å². The topological polar surface area (TPSA) is 85.7 Å². The van der Waals surface area contributed by atoms with Gasteiger partial charge in [0.25, 0.3) is 5.91 Å². The number of aromatic nitrogens is 2. The van der Waals surface area contributed by atoms with Crippen LogP contribution in [0.15, 0.2) is 78.2 Å². The summed E-state index contributed by atoms with van der Waals surface area (Å²) in [6.07, 6.45) is 3.40. The first-order valence-corrected chi connectivity index (χ1v) is 10.2. The monoisotopic (exact) mass is 424 g/mol. The molecular weight excluding hydrogens is 404 g/mol. The van der Waals surface area contributed by atoms with Crippen molar-refractivity contribution >= 4 is 22.5 Å². The Bertz CT molecular complexity index is 1340. The van der Waals surface area contributed by atoms with Crippen LogP contribution >= 0.6 is 0 Å². The molecule has 1 N–H and O–H groups in total. The van der Waals surface area contributed by atoms with E-state index in [1.54, 1.807) is 18.5 Å². The Morgan fingerprint density at radius 3 is 2.59 bits per heavy atom. The van der Waals surface area contributed by atoms with Crippen molar-refractivity contribution in [1.29, 1.82) is 0 Å². The fourth-order valence-corrected chi connectivity index (χ4v) is 3.56. The number of carbonyl (C=O) groups is 1. The minimum absolute atomic E-state index is 0.309. The normalized spacial score (nSPS) is 13.1. The van der Waals surface area contributed by atoms with Gasteiger partial charge in [0.05, 0.1) is 22.5 Å². The van der Waals surface area contributed by atoms with Crippen LogP contribution in [0.4, 0.5) is 0 Å². The van der Waals surface area contributed by atoms with Crippen molar-refractivity contribution < 1.29 is 14.3 Å². The lowest BCUT2D eigenvalue weighted by atomic mass is 10.0. The Hall–Kier alpha value is -4.26. The van der Waals surface area contributed by atoms with Crippen molar-refractivity contribution in [3.05, 3.63) is 84.2 Å². The first kappa shape index (κ1) is 19.7. The van der Waals surface area contributed by atoms with E-state index in [9.17, 15) is 4.79 Å². The number of hydrogen-bond donors (Lipinski definition) is 1. The first-order valence-electron chi connectivity index (χ1n) is 10.2. The predicted octanol–water partition coefficient (Wildman–Crippen LogP) is 4.22. The standard InChI is InChI=1S/C25H20N4O3/c1-16(18-6-7-23-24(14-18)32-13-12-31-23)28-29-25(30)20-15-22(17-8-10-26-11-9-17)27-21-5-3-2-4-19(20)21/h2-11,14-15H,12-13H2,1H3,(H,29,30)/b28-16+. The fourth-order valence-electron chi connectivity index (χ4n) is 3.56. The molecule has 4 aromatic rings. The average Bonchev–Trinajstić information content (AvgIpc) is 2.86. The highest BCUT2D eigenvalue weighted by Crippen LogP contribution is 2.31. The molecule has 7 heteroatoms. The molecule has 0 radical (unpaired) electrons. The molecule has 0 atom stereocenters. The lowest BCUT2D eigenvalue weighted by molar-refractivity contribution is 0.0956. The molecule has 0 unspecified atom stereocenters. The number of hydrazone groups is 1. The number of fused-ring (bicyclic) bond motifs is 2. The summed E-state index contributed by atoms with van der Waals surface area (Å²) in [5, 5.41) is 5.08. The van der Waals surface area contributed by atoms with E-state index in [-0.39, 0.29) is 5.91 Å². The molecule has 158 valence electrons. The molecule has 1 aliphatic heterocycles. The predicted molar refractivity (Wildman–Crippen MR) is 122 cm³/mol. The maximum Gasteiger partial charge on any atom is 0.272 e.